The third-order valence-electron chi connectivity index (χ3n) is 7.12. The van der Waals surface area contributed by atoms with E-state index in [1.54, 1.807) is 0 Å². The second-order valence-corrected chi connectivity index (χ2v) is 9.42. The summed E-state index contributed by atoms with van der Waals surface area (Å²) < 4.78 is 0. The molecule has 0 aromatic carbocycles. The lowest BCUT2D eigenvalue weighted by atomic mass is 9.90. The summed E-state index contributed by atoms with van der Waals surface area (Å²) in [4.78, 5) is 25.3. The zero-order chi connectivity index (χ0) is 22.6. The number of hydrogen-bond acceptors (Lipinski definition) is 7. The minimum absolute atomic E-state index is 0.325. The lowest BCUT2D eigenvalue weighted by Gasteiger charge is -2.34. The van der Waals surface area contributed by atoms with Crippen molar-refractivity contribution >= 4 is 16.9 Å². The van der Waals surface area contributed by atoms with Gasteiger partial charge in [-0.2, -0.15) is 0 Å². The Morgan fingerprint density at radius 2 is 2.00 bits per heavy atom. The SMILES string of the molecule is CN1CCN(c2ccnc3nc(CN(CCCCN)C4CCCc5cccnc54)[nH]c23)CC1. The number of likely N-dealkylation sites (N-methyl/N-ethyl adjacent to an activating group) is 1. The van der Waals surface area contributed by atoms with Crippen molar-refractivity contribution in [2.75, 3.05) is 51.2 Å². The number of imidazole rings is 1. The molecule has 0 amide bonds. The Bertz CT molecular complexity index is 1060. The zero-order valence-electron chi connectivity index (χ0n) is 19.7. The second-order valence-electron chi connectivity index (χ2n) is 9.42. The average Bonchev–Trinajstić information content (AvgIpc) is 3.26. The molecule has 4 heterocycles. The van der Waals surface area contributed by atoms with E-state index in [2.05, 4.69) is 49.9 Å². The lowest BCUT2D eigenvalue weighted by molar-refractivity contribution is 0.159. The number of nitrogens with one attached hydrogen (secondary N) is 1. The zero-order valence-corrected chi connectivity index (χ0v) is 19.7. The van der Waals surface area contributed by atoms with Gasteiger partial charge in [0.2, 0.25) is 0 Å². The second kappa shape index (κ2) is 10.2. The van der Waals surface area contributed by atoms with Crippen molar-refractivity contribution in [3.05, 3.63) is 47.7 Å². The number of anilines is 1. The molecule has 33 heavy (non-hydrogen) atoms. The fourth-order valence-corrected chi connectivity index (χ4v) is 5.27. The Labute approximate surface area is 196 Å². The Morgan fingerprint density at radius 3 is 2.85 bits per heavy atom. The van der Waals surface area contributed by atoms with Gasteiger partial charge in [-0.1, -0.05) is 6.07 Å². The van der Waals surface area contributed by atoms with Crippen LogP contribution in [0.1, 0.15) is 48.8 Å². The van der Waals surface area contributed by atoms with Crippen LogP contribution in [0.4, 0.5) is 5.69 Å². The molecule has 1 aliphatic heterocycles. The van der Waals surface area contributed by atoms with Crippen LogP contribution in [0, 0.1) is 0 Å². The number of piperazine rings is 1. The highest BCUT2D eigenvalue weighted by atomic mass is 15.3. The largest absolute Gasteiger partial charge is 0.367 e. The van der Waals surface area contributed by atoms with Crippen LogP contribution in [-0.4, -0.2) is 76.1 Å². The van der Waals surface area contributed by atoms with E-state index in [0.29, 0.717) is 6.04 Å². The van der Waals surface area contributed by atoms with E-state index in [-0.39, 0.29) is 0 Å². The third kappa shape index (κ3) is 4.88. The van der Waals surface area contributed by atoms with Gasteiger partial charge in [-0.05, 0) is 69.9 Å². The molecule has 0 bridgehead atoms. The van der Waals surface area contributed by atoms with Gasteiger partial charge >= 0.3 is 0 Å². The van der Waals surface area contributed by atoms with Crippen molar-refractivity contribution in [2.24, 2.45) is 5.73 Å². The Hall–Kier alpha value is -2.55. The number of unbranched alkanes of at least 4 members (excludes halogenated alkanes) is 1. The van der Waals surface area contributed by atoms with Crippen LogP contribution in [0.3, 0.4) is 0 Å². The first kappa shape index (κ1) is 22.3. The number of fused-ring (bicyclic) bond motifs is 2. The standard InChI is InChI=1S/C25H36N8/c1-31-14-16-32(17-15-31)21-9-12-28-25-24(21)29-22(30-25)18-33(13-3-2-10-26)20-8-4-6-19-7-5-11-27-23(19)20/h5,7,9,11-12,20H,2-4,6,8,10,13-18,26H2,1H3,(H,28,29,30). The number of nitrogens with zero attached hydrogens (tertiary/aromatic N) is 6. The molecule has 1 saturated heterocycles. The summed E-state index contributed by atoms with van der Waals surface area (Å²) in [5, 5.41) is 0. The Morgan fingerprint density at radius 1 is 1.12 bits per heavy atom. The molecule has 0 spiro atoms. The molecule has 176 valence electrons. The van der Waals surface area contributed by atoms with E-state index >= 15 is 0 Å². The van der Waals surface area contributed by atoms with Gasteiger partial charge in [0.25, 0.3) is 0 Å². The normalized spacial score (nSPS) is 19.4. The number of aromatic amines is 1. The molecule has 3 N–H and O–H groups in total. The molecule has 0 radical (unpaired) electrons. The number of aromatic nitrogens is 4. The van der Waals surface area contributed by atoms with Crippen LogP contribution in [0.25, 0.3) is 11.2 Å². The van der Waals surface area contributed by atoms with Crippen molar-refractivity contribution in [3.63, 3.8) is 0 Å². The summed E-state index contributed by atoms with van der Waals surface area (Å²) in [6.45, 7) is 6.70. The van der Waals surface area contributed by atoms with Crippen molar-refractivity contribution in [2.45, 2.75) is 44.7 Å². The van der Waals surface area contributed by atoms with E-state index in [1.165, 1.54) is 23.4 Å². The van der Waals surface area contributed by atoms with Crippen LogP contribution in [0.2, 0.25) is 0 Å². The molecule has 3 aromatic heterocycles. The summed E-state index contributed by atoms with van der Waals surface area (Å²) in [6, 6.07) is 6.74. The van der Waals surface area contributed by atoms with Gasteiger partial charge in [0.15, 0.2) is 5.65 Å². The summed E-state index contributed by atoms with van der Waals surface area (Å²) in [6.07, 6.45) is 9.40. The topological polar surface area (TPSA) is 90.2 Å². The highest BCUT2D eigenvalue weighted by molar-refractivity contribution is 5.86. The summed E-state index contributed by atoms with van der Waals surface area (Å²) in [5.74, 6) is 0.981. The summed E-state index contributed by atoms with van der Waals surface area (Å²) in [7, 11) is 2.19. The molecule has 5 rings (SSSR count). The number of H-pyrrole nitrogens is 1. The highest BCUT2D eigenvalue weighted by Gasteiger charge is 2.28. The van der Waals surface area contributed by atoms with Crippen LogP contribution in [0.15, 0.2) is 30.6 Å². The number of nitrogens with two attached hydrogens (primary N) is 1. The fraction of sp³-hybridized carbons (Fsp3) is 0.560. The highest BCUT2D eigenvalue weighted by Crippen LogP contribution is 2.34. The Kier molecular flexibility index (Phi) is 6.85. The van der Waals surface area contributed by atoms with Gasteiger partial charge < -0.3 is 20.5 Å². The summed E-state index contributed by atoms with van der Waals surface area (Å²) >= 11 is 0. The monoisotopic (exact) mass is 448 g/mol. The fourth-order valence-electron chi connectivity index (χ4n) is 5.27. The van der Waals surface area contributed by atoms with Gasteiger partial charge in [-0.15, -0.1) is 0 Å². The van der Waals surface area contributed by atoms with Gasteiger partial charge in [-0.25, -0.2) is 9.97 Å². The molecule has 2 aliphatic rings. The van der Waals surface area contributed by atoms with Crippen molar-refractivity contribution < 1.29 is 0 Å². The minimum Gasteiger partial charge on any atom is -0.367 e. The predicted octanol–water partition coefficient (Wildman–Crippen LogP) is 2.72. The van der Waals surface area contributed by atoms with Gasteiger partial charge in [0.05, 0.1) is 24.0 Å². The molecular weight excluding hydrogens is 412 g/mol. The molecule has 1 unspecified atom stereocenters. The van der Waals surface area contributed by atoms with E-state index in [1.807, 2.05) is 12.4 Å². The molecular formula is C25H36N8. The number of hydrogen-bond donors (Lipinski definition) is 2. The van der Waals surface area contributed by atoms with Crippen LogP contribution < -0.4 is 10.6 Å². The molecule has 8 nitrogen and oxygen atoms in total. The maximum atomic E-state index is 5.80. The van der Waals surface area contributed by atoms with E-state index < -0.39 is 0 Å². The predicted molar refractivity (Wildman–Crippen MR) is 132 cm³/mol. The van der Waals surface area contributed by atoms with Crippen molar-refractivity contribution in [1.82, 2.24) is 29.7 Å². The molecule has 3 aromatic rings. The molecule has 1 fully saturated rings. The first-order valence-electron chi connectivity index (χ1n) is 12.4. The quantitative estimate of drug-likeness (QED) is 0.512. The Balaban J connectivity index is 1.41. The maximum Gasteiger partial charge on any atom is 0.179 e. The average molecular weight is 449 g/mol. The van der Waals surface area contributed by atoms with E-state index in [0.717, 1.165) is 88.5 Å². The maximum absolute atomic E-state index is 5.80. The van der Waals surface area contributed by atoms with Crippen LogP contribution in [-0.2, 0) is 13.0 Å². The third-order valence-corrected chi connectivity index (χ3v) is 7.12. The smallest absolute Gasteiger partial charge is 0.179 e. The van der Waals surface area contributed by atoms with Crippen LogP contribution >= 0.6 is 0 Å². The minimum atomic E-state index is 0.325. The molecule has 0 saturated carbocycles. The molecule has 1 aliphatic carbocycles. The molecule has 8 heteroatoms. The number of aryl methyl sites for hydroxylation is 1. The lowest BCUT2D eigenvalue weighted by Crippen LogP contribution is -2.44. The molecule has 1 atom stereocenters. The van der Waals surface area contributed by atoms with Gasteiger partial charge in [0, 0.05) is 38.6 Å². The van der Waals surface area contributed by atoms with E-state index in [9.17, 15) is 0 Å². The van der Waals surface area contributed by atoms with Crippen molar-refractivity contribution in [3.8, 4) is 0 Å². The first-order valence-corrected chi connectivity index (χ1v) is 12.4. The van der Waals surface area contributed by atoms with Crippen molar-refractivity contribution in [1.29, 1.82) is 0 Å². The number of rotatable bonds is 8. The van der Waals surface area contributed by atoms with E-state index in [4.69, 9.17) is 15.7 Å². The van der Waals surface area contributed by atoms with Gasteiger partial charge in [-0.3, -0.25) is 9.88 Å². The van der Waals surface area contributed by atoms with Gasteiger partial charge in [0.1, 0.15) is 11.3 Å². The summed E-state index contributed by atoms with van der Waals surface area (Å²) in [5.41, 5.74) is 11.5. The van der Waals surface area contributed by atoms with Crippen LogP contribution in [0.5, 0.6) is 0 Å². The number of pyridine rings is 2. The first-order chi connectivity index (χ1) is 16.2.